The fraction of sp³-hybridized carbons (Fsp3) is 0.949. The predicted molar refractivity (Wildman–Crippen MR) is 400 cm³/mol. The maximum atomic E-state index is 13.1. The molecule has 0 fully saturated rings. The van der Waals surface area contributed by atoms with Gasteiger partial charge in [-0.15, -0.1) is 0 Å². The first kappa shape index (κ1) is 96.1. The van der Waals surface area contributed by atoms with Crippen LogP contribution >= 0.6 is 15.6 Å². The molecule has 0 spiro atoms. The minimum Gasteiger partial charge on any atom is -0.462 e. The van der Waals surface area contributed by atoms with Crippen molar-refractivity contribution in [2.24, 2.45) is 17.8 Å². The van der Waals surface area contributed by atoms with Crippen LogP contribution in [-0.2, 0) is 65.4 Å². The number of phosphoric ester groups is 2. The van der Waals surface area contributed by atoms with Gasteiger partial charge in [-0.3, -0.25) is 37.3 Å². The lowest BCUT2D eigenvalue weighted by Crippen LogP contribution is -2.30. The number of carbonyl (C=O) groups excluding carboxylic acids is 4. The van der Waals surface area contributed by atoms with Crippen LogP contribution in [0.4, 0.5) is 0 Å². The number of carbonyl (C=O) groups is 4. The molecule has 0 bridgehead atoms. The zero-order valence-electron chi connectivity index (χ0n) is 64.3. The number of aliphatic hydroxyl groups excluding tert-OH is 1. The molecule has 0 saturated carbocycles. The summed E-state index contributed by atoms with van der Waals surface area (Å²) in [7, 11) is -9.92. The van der Waals surface area contributed by atoms with E-state index in [2.05, 4.69) is 48.5 Å². The van der Waals surface area contributed by atoms with E-state index in [0.29, 0.717) is 25.7 Å². The van der Waals surface area contributed by atoms with Gasteiger partial charge in [-0.1, -0.05) is 357 Å². The van der Waals surface area contributed by atoms with Crippen LogP contribution in [0.15, 0.2) is 0 Å². The van der Waals surface area contributed by atoms with Crippen LogP contribution < -0.4 is 0 Å². The molecule has 0 aromatic heterocycles. The molecule has 19 heteroatoms. The van der Waals surface area contributed by atoms with Crippen molar-refractivity contribution in [2.75, 3.05) is 39.6 Å². The van der Waals surface area contributed by atoms with Gasteiger partial charge in [0.05, 0.1) is 26.4 Å². The molecule has 0 heterocycles. The third kappa shape index (κ3) is 71.1. The summed E-state index contributed by atoms with van der Waals surface area (Å²) < 4.78 is 68.7. The van der Waals surface area contributed by atoms with E-state index in [9.17, 15) is 43.2 Å². The molecule has 6 atom stereocenters. The molecule has 0 aliphatic carbocycles. The molecular formula is C79H154O17P2. The number of ether oxygens (including phenoxy) is 4. The second-order valence-electron chi connectivity index (χ2n) is 29.6. The van der Waals surface area contributed by atoms with Gasteiger partial charge in [0.25, 0.3) is 0 Å². The molecule has 0 saturated heterocycles. The van der Waals surface area contributed by atoms with Crippen LogP contribution in [0.2, 0.25) is 0 Å². The van der Waals surface area contributed by atoms with Crippen LogP contribution in [0.3, 0.4) is 0 Å². The summed E-state index contributed by atoms with van der Waals surface area (Å²) in [5, 5.41) is 10.6. The molecule has 0 rings (SSSR count). The van der Waals surface area contributed by atoms with Gasteiger partial charge in [-0.25, -0.2) is 9.13 Å². The highest BCUT2D eigenvalue weighted by molar-refractivity contribution is 7.47. The lowest BCUT2D eigenvalue weighted by atomic mass is 9.99. The normalized spacial score (nSPS) is 14.3. The Labute approximate surface area is 600 Å². The standard InChI is InChI=1S/C79H154O17P2/c1-8-10-11-12-13-14-15-19-23-32-39-46-53-60-76(81)89-66-75(96-79(84)63-56-49-42-35-27-25-30-37-44-51-58-71(5)6)69-94-98(87,88)92-65-73(80)64-91-97(85,86)93-68-74(67-90-77(82)61-54-47-40-33-28-26-31-38-45-52-59-72(7)9-2)95-78(83)62-55-48-41-34-24-21-18-16-17-20-22-29-36-43-50-57-70(3)4/h70-75,80H,8-69H2,1-7H3,(H,85,86)(H,87,88)/t72?,73-,74-,75-/m1/s1. The molecule has 0 aromatic carbocycles. The maximum Gasteiger partial charge on any atom is 0.472 e. The minimum atomic E-state index is -4.96. The van der Waals surface area contributed by atoms with E-state index in [1.165, 1.54) is 218 Å². The first-order valence-electron chi connectivity index (χ1n) is 40.9. The summed E-state index contributed by atoms with van der Waals surface area (Å²) in [5.74, 6) is 0.252. The SMILES string of the molecule is CCCCCCCCCCCCCCCC(=O)OC[C@H](COP(=O)(O)OC[C@H](O)COP(=O)(O)OC[C@@H](COC(=O)CCCCCCCCCCCCC(C)CC)OC(=O)CCCCCCCCCCCCCCCCCC(C)C)OC(=O)CCCCCCCCCCCCC(C)C. The summed E-state index contributed by atoms with van der Waals surface area (Å²) in [6.45, 7) is 12.0. The number of phosphoric acid groups is 2. The fourth-order valence-electron chi connectivity index (χ4n) is 12.1. The van der Waals surface area contributed by atoms with Crippen LogP contribution in [0, 0.1) is 17.8 Å². The lowest BCUT2D eigenvalue weighted by molar-refractivity contribution is -0.161. The van der Waals surface area contributed by atoms with Crippen molar-refractivity contribution < 1.29 is 80.2 Å². The Hall–Kier alpha value is -1.94. The molecule has 0 aliphatic heterocycles. The van der Waals surface area contributed by atoms with Crippen molar-refractivity contribution in [1.82, 2.24) is 0 Å². The molecule has 0 aromatic rings. The Bertz CT molecular complexity index is 1910. The molecule has 0 aliphatic rings. The molecule has 582 valence electrons. The van der Waals surface area contributed by atoms with Crippen LogP contribution in [-0.4, -0.2) is 96.7 Å². The monoisotopic (exact) mass is 1440 g/mol. The minimum absolute atomic E-state index is 0.106. The van der Waals surface area contributed by atoms with Gasteiger partial charge < -0.3 is 33.8 Å². The average Bonchev–Trinajstić information content (AvgIpc) is 0.975. The summed E-state index contributed by atoms with van der Waals surface area (Å²) in [4.78, 5) is 73.0. The highest BCUT2D eigenvalue weighted by Crippen LogP contribution is 2.45. The van der Waals surface area contributed by atoms with Crippen molar-refractivity contribution in [3.05, 3.63) is 0 Å². The van der Waals surface area contributed by atoms with Gasteiger partial charge in [0.2, 0.25) is 0 Å². The Morgan fingerprint density at radius 1 is 0.296 bits per heavy atom. The summed E-state index contributed by atoms with van der Waals surface area (Å²) in [6, 6.07) is 0. The van der Waals surface area contributed by atoms with E-state index in [4.69, 9.17) is 37.0 Å². The molecular weight excluding hydrogens is 1280 g/mol. The Morgan fingerprint density at radius 3 is 0.776 bits per heavy atom. The van der Waals surface area contributed by atoms with Gasteiger partial charge in [0.15, 0.2) is 12.2 Å². The largest absolute Gasteiger partial charge is 0.472 e. The zero-order chi connectivity index (χ0) is 72.3. The highest BCUT2D eigenvalue weighted by atomic mass is 31.2. The van der Waals surface area contributed by atoms with Gasteiger partial charge in [-0.2, -0.15) is 0 Å². The number of hydrogen-bond acceptors (Lipinski definition) is 15. The van der Waals surface area contributed by atoms with Crippen molar-refractivity contribution in [3.63, 3.8) is 0 Å². The van der Waals surface area contributed by atoms with Crippen LogP contribution in [0.25, 0.3) is 0 Å². The van der Waals surface area contributed by atoms with Crippen molar-refractivity contribution in [2.45, 2.75) is 426 Å². The number of aliphatic hydroxyl groups is 1. The Kier molecular flexibility index (Phi) is 68.1. The van der Waals surface area contributed by atoms with Crippen LogP contribution in [0.5, 0.6) is 0 Å². The van der Waals surface area contributed by atoms with Crippen molar-refractivity contribution in [3.8, 4) is 0 Å². The van der Waals surface area contributed by atoms with Crippen LogP contribution in [0.1, 0.15) is 408 Å². The van der Waals surface area contributed by atoms with Crippen molar-refractivity contribution in [1.29, 1.82) is 0 Å². The smallest absolute Gasteiger partial charge is 0.462 e. The zero-order valence-corrected chi connectivity index (χ0v) is 66.0. The van der Waals surface area contributed by atoms with Gasteiger partial charge >= 0.3 is 39.5 Å². The Balaban J connectivity index is 5.27. The third-order valence-corrected chi connectivity index (χ3v) is 20.6. The second-order valence-corrected chi connectivity index (χ2v) is 32.6. The number of unbranched alkanes of at least 4 members (excludes halogenated alkanes) is 44. The summed E-state index contributed by atoms with van der Waals surface area (Å²) in [6.07, 6.45) is 56.7. The summed E-state index contributed by atoms with van der Waals surface area (Å²) in [5.41, 5.74) is 0. The molecule has 3 N–H and O–H groups in total. The molecule has 0 amide bonds. The van der Waals surface area contributed by atoms with Gasteiger partial charge in [0, 0.05) is 25.7 Å². The quantitative estimate of drug-likeness (QED) is 0.0222. The Morgan fingerprint density at radius 2 is 0.520 bits per heavy atom. The van der Waals surface area contributed by atoms with Gasteiger partial charge in [-0.05, 0) is 43.4 Å². The molecule has 0 radical (unpaired) electrons. The van der Waals surface area contributed by atoms with Crippen molar-refractivity contribution >= 4 is 39.5 Å². The van der Waals surface area contributed by atoms with E-state index < -0.39 is 97.5 Å². The maximum absolute atomic E-state index is 13.1. The van der Waals surface area contributed by atoms with E-state index in [0.717, 1.165) is 108 Å². The molecule has 98 heavy (non-hydrogen) atoms. The third-order valence-electron chi connectivity index (χ3n) is 18.7. The number of hydrogen-bond donors (Lipinski definition) is 3. The first-order chi connectivity index (χ1) is 47.3. The lowest BCUT2D eigenvalue weighted by Gasteiger charge is -2.21. The number of rotatable bonds is 77. The number of esters is 4. The topological polar surface area (TPSA) is 237 Å². The summed E-state index contributed by atoms with van der Waals surface area (Å²) >= 11 is 0. The van der Waals surface area contributed by atoms with E-state index >= 15 is 0 Å². The highest BCUT2D eigenvalue weighted by Gasteiger charge is 2.30. The molecule has 17 nitrogen and oxygen atoms in total. The fourth-order valence-corrected chi connectivity index (χ4v) is 13.7. The van der Waals surface area contributed by atoms with E-state index in [-0.39, 0.29) is 25.7 Å². The average molecular weight is 1440 g/mol. The van der Waals surface area contributed by atoms with Gasteiger partial charge in [0.1, 0.15) is 19.3 Å². The predicted octanol–water partition coefficient (Wildman–Crippen LogP) is 23.4. The first-order valence-corrected chi connectivity index (χ1v) is 43.9. The molecule has 3 unspecified atom stereocenters. The van der Waals surface area contributed by atoms with E-state index in [1.54, 1.807) is 0 Å². The second kappa shape index (κ2) is 69.4. The van der Waals surface area contributed by atoms with E-state index in [1.807, 2.05) is 0 Å².